The lowest BCUT2D eigenvalue weighted by Gasteiger charge is -1.99. The molecule has 0 spiro atoms. The largest absolute Gasteiger partial charge is 0.508 e. The lowest BCUT2D eigenvalue weighted by molar-refractivity contribution is -0.384. The van der Waals surface area contributed by atoms with Crippen molar-refractivity contribution in [2.45, 2.75) is 5.22 Å². The van der Waals surface area contributed by atoms with E-state index in [-0.39, 0.29) is 34.1 Å². The van der Waals surface area contributed by atoms with Gasteiger partial charge in [-0.1, -0.05) is 11.8 Å². The third-order valence-electron chi connectivity index (χ3n) is 3.25. The highest BCUT2D eigenvalue weighted by atomic mass is 32.2. The van der Waals surface area contributed by atoms with Crippen LogP contribution in [0, 0.1) is 10.1 Å². The number of aromatic nitrogens is 2. The molecule has 0 aliphatic heterocycles. The summed E-state index contributed by atoms with van der Waals surface area (Å²) < 4.78 is 5.46. The van der Waals surface area contributed by atoms with Gasteiger partial charge in [0, 0.05) is 23.3 Å². The summed E-state index contributed by atoms with van der Waals surface area (Å²) in [5.41, 5.74) is 0.954. The first-order valence-electron chi connectivity index (χ1n) is 7.06. The van der Waals surface area contributed by atoms with E-state index >= 15 is 0 Å². The molecule has 1 N–H and O–H groups in total. The summed E-state index contributed by atoms with van der Waals surface area (Å²) in [6.45, 7) is 0. The van der Waals surface area contributed by atoms with Gasteiger partial charge in [-0.3, -0.25) is 14.9 Å². The summed E-state index contributed by atoms with van der Waals surface area (Å²) >= 11 is 1.08. The number of carbonyl (C=O) groups is 1. The highest BCUT2D eigenvalue weighted by Gasteiger charge is 2.13. The monoisotopic (exact) mass is 357 g/mol. The fourth-order valence-electron chi connectivity index (χ4n) is 1.97. The Labute approximate surface area is 145 Å². The topological polar surface area (TPSA) is 119 Å². The average Bonchev–Trinajstić information content (AvgIpc) is 3.09. The number of Topliss-reactive ketones (excluding diaryl/α,β-unsaturated/α-hetero) is 1. The van der Waals surface area contributed by atoms with E-state index in [1.54, 1.807) is 12.1 Å². The molecular formula is C16H11N3O5S. The van der Waals surface area contributed by atoms with Crippen LogP contribution in [-0.4, -0.2) is 31.8 Å². The van der Waals surface area contributed by atoms with Crippen molar-refractivity contribution >= 4 is 23.2 Å². The number of nitro benzene ring substituents is 1. The lowest BCUT2D eigenvalue weighted by atomic mass is 10.1. The van der Waals surface area contributed by atoms with Crippen LogP contribution in [0.4, 0.5) is 5.69 Å². The van der Waals surface area contributed by atoms with E-state index < -0.39 is 4.92 Å². The van der Waals surface area contributed by atoms with Crippen molar-refractivity contribution < 1.29 is 19.2 Å². The Balaban J connectivity index is 1.62. The van der Waals surface area contributed by atoms with E-state index in [0.29, 0.717) is 11.1 Å². The predicted octanol–water partition coefficient (Wildman–Crippen LogP) is 3.33. The van der Waals surface area contributed by atoms with E-state index in [9.17, 15) is 20.0 Å². The minimum atomic E-state index is -0.522. The van der Waals surface area contributed by atoms with Gasteiger partial charge in [0.25, 0.3) is 10.9 Å². The van der Waals surface area contributed by atoms with Crippen LogP contribution in [-0.2, 0) is 0 Å². The van der Waals surface area contributed by atoms with Gasteiger partial charge in [-0.15, -0.1) is 10.2 Å². The molecule has 0 aliphatic carbocycles. The second-order valence-corrected chi connectivity index (χ2v) is 5.86. The van der Waals surface area contributed by atoms with Crippen LogP contribution >= 0.6 is 11.8 Å². The van der Waals surface area contributed by atoms with Crippen LogP contribution in [0.1, 0.15) is 10.4 Å². The highest BCUT2D eigenvalue weighted by molar-refractivity contribution is 7.99. The van der Waals surface area contributed by atoms with Gasteiger partial charge in [0.1, 0.15) is 5.75 Å². The number of nitro groups is 1. The van der Waals surface area contributed by atoms with E-state index in [4.69, 9.17) is 4.42 Å². The molecule has 0 aliphatic rings. The molecule has 3 rings (SSSR count). The molecule has 2 aromatic carbocycles. The Morgan fingerprint density at radius 2 is 1.80 bits per heavy atom. The maximum atomic E-state index is 12.1. The summed E-state index contributed by atoms with van der Waals surface area (Å²) in [6, 6.07) is 11.7. The number of phenols is 1. The smallest absolute Gasteiger partial charge is 0.277 e. The molecule has 1 heterocycles. The van der Waals surface area contributed by atoms with Crippen molar-refractivity contribution in [2.75, 3.05) is 5.75 Å². The lowest BCUT2D eigenvalue weighted by Crippen LogP contribution is -2.02. The van der Waals surface area contributed by atoms with Gasteiger partial charge in [-0.25, -0.2) is 0 Å². The minimum absolute atomic E-state index is 0.0645. The van der Waals surface area contributed by atoms with Crippen LogP contribution < -0.4 is 0 Å². The molecule has 126 valence electrons. The van der Waals surface area contributed by atoms with Crippen LogP contribution in [0.15, 0.2) is 58.2 Å². The Morgan fingerprint density at radius 3 is 2.44 bits per heavy atom. The maximum Gasteiger partial charge on any atom is 0.277 e. The number of thioether (sulfide) groups is 1. The number of non-ortho nitro benzene ring substituents is 1. The third kappa shape index (κ3) is 4.01. The fraction of sp³-hybridized carbons (Fsp3) is 0.0625. The van der Waals surface area contributed by atoms with Crippen molar-refractivity contribution in [3.63, 3.8) is 0 Å². The summed E-state index contributed by atoms with van der Waals surface area (Å²) in [4.78, 5) is 22.2. The molecule has 0 bridgehead atoms. The van der Waals surface area contributed by atoms with E-state index in [2.05, 4.69) is 10.2 Å². The summed E-state index contributed by atoms with van der Waals surface area (Å²) in [7, 11) is 0. The van der Waals surface area contributed by atoms with E-state index in [1.165, 1.54) is 36.4 Å². The first-order chi connectivity index (χ1) is 12.0. The van der Waals surface area contributed by atoms with Gasteiger partial charge in [-0.05, 0) is 36.4 Å². The Bertz CT molecular complexity index is 906. The number of hydrogen-bond donors (Lipinski definition) is 1. The van der Waals surface area contributed by atoms with Crippen molar-refractivity contribution in [2.24, 2.45) is 0 Å². The number of ketones is 1. The summed E-state index contributed by atoms with van der Waals surface area (Å²) in [6.07, 6.45) is 0. The van der Waals surface area contributed by atoms with Crippen LogP contribution in [0.5, 0.6) is 5.75 Å². The Hall–Kier alpha value is -3.20. The molecule has 9 heteroatoms. The van der Waals surface area contributed by atoms with Crippen LogP contribution in [0.25, 0.3) is 11.5 Å². The van der Waals surface area contributed by atoms with Crippen LogP contribution in [0.3, 0.4) is 0 Å². The predicted molar refractivity (Wildman–Crippen MR) is 89.5 cm³/mol. The van der Waals surface area contributed by atoms with E-state index in [1.807, 2.05) is 0 Å². The third-order valence-corrected chi connectivity index (χ3v) is 4.07. The molecule has 0 saturated carbocycles. The van der Waals surface area contributed by atoms with Crippen molar-refractivity contribution in [1.29, 1.82) is 0 Å². The number of aromatic hydroxyl groups is 1. The number of phenolic OH excluding ortho intramolecular Hbond substituents is 1. The molecular weight excluding hydrogens is 346 g/mol. The SMILES string of the molecule is O=C(CSc1nnc(-c2ccc(O)cc2)o1)c1ccc([N+](=O)[O-])cc1. The quantitative estimate of drug-likeness (QED) is 0.309. The number of nitrogens with zero attached hydrogens (tertiary/aromatic N) is 3. The van der Waals surface area contributed by atoms with Gasteiger partial charge < -0.3 is 9.52 Å². The van der Waals surface area contributed by atoms with Gasteiger partial charge in [0.15, 0.2) is 5.78 Å². The average molecular weight is 357 g/mol. The maximum absolute atomic E-state index is 12.1. The first-order valence-corrected chi connectivity index (χ1v) is 8.05. The second-order valence-electron chi connectivity index (χ2n) is 4.94. The second kappa shape index (κ2) is 7.14. The zero-order chi connectivity index (χ0) is 17.8. The van der Waals surface area contributed by atoms with Gasteiger partial charge in [-0.2, -0.15) is 0 Å². The zero-order valence-corrected chi connectivity index (χ0v) is 13.5. The summed E-state index contributed by atoms with van der Waals surface area (Å²) in [5, 5.41) is 27.9. The number of hydrogen-bond acceptors (Lipinski definition) is 8. The standard InChI is InChI=1S/C16H11N3O5S/c20-13-7-3-11(4-8-13)15-17-18-16(24-15)25-9-14(21)10-1-5-12(6-2-10)19(22)23/h1-8,20H,9H2. The zero-order valence-electron chi connectivity index (χ0n) is 12.7. The first kappa shape index (κ1) is 16.7. The van der Waals surface area contributed by atoms with Crippen molar-refractivity contribution in [3.8, 4) is 17.2 Å². The minimum Gasteiger partial charge on any atom is -0.508 e. The Morgan fingerprint density at radius 1 is 1.12 bits per heavy atom. The van der Waals surface area contributed by atoms with Crippen molar-refractivity contribution in [3.05, 3.63) is 64.2 Å². The molecule has 25 heavy (non-hydrogen) atoms. The molecule has 0 radical (unpaired) electrons. The van der Waals surface area contributed by atoms with Gasteiger partial charge >= 0.3 is 0 Å². The molecule has 0 atom stereocenters. The molecule has 0 unspecified atom stereocenters. The van der Waals surface area contributed by atoms with Crippen LogP contribution in [0.2, 0.25) is 0 Å². The highest BCUT2D eigenvalue weighted by Crippen LogP contribution is 2.25. The molecule has 1 aromatic heterocycles. The Kier molecular flexibility index (Phi) is 4.75. The molecule has 0 fully saturated rings. The van der Waals surface area contributed by atoms with Gasteiger partial charge in [0.05, 0.1) is 10.7 Å². The van der Waals surface area contributed by atoms with Gasteiger partial charge in [0.2, 0.25) is 5.89 Å². The molecule has 3 aromatic rings. The normalized spacial score (nSPS) is 10.6. The number of carbonyl (C=O) groups excluding carboxylic acids is 1. The fourth-order valence-corrected chi connectivity index (χ4v) is 2.63. The molecule has 0 saturated heterocycles. The summed E-state index contributed by atoms with van der Waals surface area (Å²) in [5.74, 6) is 0.274. The van der Waals surface area contributed by atoms with E-state index in [0.717, 1.165) is 11.8 Å². The number of benzene rings is 2. The molecule has 8 nitrogen and oxygen atoms in total. The van der Waals surface area contributed by atoms with Crippen molar-refractivity contribution in [1.82, 2.24) is 10.2 Å². The number of rotatable bonds is 6. The molecule has 0 amide bonds.